The van der Waals surface area contributed by atoms with Crippen LogP contribution in [0.2, 0.25) is 0 Å². The smallest absolute Gasteiger partial charge is 0.389 e. The molecule has 4 nitrogen and oxygen atoms in total. The first-order valence-electron chi connectivity index (χ1n) is 5.29. The molecule has 0 fully saturated rings. The van der Waals surface area contributed by atoms with Crippen LogP contribution in [-0.2, 0) is 13.0 Å². The molecule has 1 rings (SSSR count). The lowest BCUT2D eigenvalue weighted by Gasteiger charge is -2.18. The van der Waals surface area contributed by atoms with E-state index >= 15 is 0 Å². The first-order valence-corrected chi connectivity index (χ1v) is 5.29. The second-order valence-corrected chi connectivity index (χ2v) is 4.81. The Morgan fingerprint density at radius 2 is 1.71 bits per heavy atom. The SMILES string of the molecule is CC(C)(C)NCc1nnc(CCC(F)(F)F)o1. The third-order valence-electron chi connectivity index (χ3n) is 1.90. The zero-order chi connectivity index (χ0) is 13.1. The van der Waals surface area contributed by atoms with Crippen molar-refractivity contribution in [3.05, 3.63) is 11.8 Å². The van der Waals surface area contributed by atoms with Gasteiger partial charge in [-0.05, 0) is 20.8 Å². The lowest BCUT2D eigenvalue weighted by Crippen LogP contribution is -2.35. The predicted octanol–water partition coefficient (Wildman–Crippen LogP) is 2.45. The van der Waals surface area contributed by atoms with Gasteiger partial charge >= 0.3 is 6.18 Å². The molecule has 0 aliphatic heterocycles. The van der Waals surface area contributed by atoms with Crippen molar-refractivity contribution in [3.8, 4) is 0 Å². The fourth-order valence-corrected chi connectivity index (χ4v) is 1.05. The predicted molar refractivity (Wildman–Crippen MR) is 55.3 cm³/mol. The second-order valence-electron chi connectivity index (χ2n) is 4.81. The van der Waals surface area contributed by atoms with Crippen LogP contribution in [0.1, 0.15) is 39.0 Å². The summed E-state index contributed by atoms with van der Waals surface area (Å²) in [7, 11) is 0. The summed E-state index contributed by atoms with van der Waals surface area (Å²) < 4.78 is 40.9. The molecule has 0 amide bonds. The summed E-state index contributed by atoms with van der Waals surface area (Å²) in [6.45, 7) is 6.25. The number of halogens is 3. The third kappa shape index (κ3) is 6.25. The van der Waals surface area contributed by atoms with Crippen molar-refractivity contribution in [2.75, 3.05) is 0 Å². The van der Waals surface area contributed by atoms with E-state index < -0.39 is 12.6 Å². The summed E-state index contributed by atoms with van der Waals surface area (Å²) >= 11 is 0. The Hall–Kier alpha value is -1.11. The molecule has 0 radical (unpaired) electrons. The van der Waals surface area contributed by atoms with Crippen molar-refractivity contribution < 1.29 is 17.6 Å². The van der Waals surface area contributed by atoms with Crippen LogP contribution in [-0.4, -0.2) is 21.9 Å². The first-order chi connectivity index (χ1) is 7.66. The van der Waals surface area contributed by atoms with Gasteiger partial charge in [-0.1, -0.05) is 0 Å². The standard InChI is InChI=1S/C10H16F3N3O/c1-9(2,3)14-6-8-16-15-7(17-8)4-5-10(11,12)13/h14H,4-6H2,1-3H3. The van der Waals surface area contributed by atoms with Crippen LogP contribution < -0.4 is 5.32 Å². The van der Waals surface area contributed by atoms with Crippen molar-refractivity contribution >= 4 is 0 Å². The van der Waals surface area contributed by atoms with Crippen LogP contribution in [0.3, 0.4) is 0 Å². The lowest BCUT2D eigenvalue weighted by molar-refractivity contribution is -0.134. The van der Waals surface area contributed by atoms with Crippen molar-refractivity contribution in [1.29, 1.82) is 0 Å². The molecule has 0 bridgehead atoms. The number of aromatic nitrogens is 2. The van der Waals surface area contributed by atoms with Crippen molar-refractivity contribution in [1.82, 2.24) is 15.5 Å². The molecule has 0 atom stereocenters. The molecule has 98 valence electrons. The number of hydrogen-bond donors (Lipinski definition) is 1. The van der Waals surface area contributed by atoms with Gasteiger partial charge in [0.25, 0.3) is 0 Å². The summed E-state index contributed by atoms with van der Waals surface area (Å²) in [6, 6.07) is 0. The van der Waals surface area contributed by atoms with E-state index in [4.69, 9.17) is 4.42 Å². The Morgan fingerprint density at radius 1 is 1.12 bits per heavy atom. The number of nitrogens with zero attached hydrogens (tertiary/aromatic N) is 2. The number of rotatable bonds is 4. The monoisotopic (exact) mass is 251 g/mol. The highest BCUT2D eigenvalue weighted by molar-refractivity contribution is 4.84. The molecule has 7 heteroatoms. The Morgan fingerprint density at radius 3 is 2.24 bits per heavy atom. The van der Waals surface area contributed by atoms with Crippen LogP contribution in [0.4, 0.5) is 13.2 Å². The molecular formula is C10H16F3N3O. The van der Waals surface area contributed by atoms with Gasteiger partial charge in [-0.25, -0.2) is 0 Å². The first kappa shape index (κ1) is 14.0. The van der Waals surface area contributed by atoms with Crippen LogP contribution in [0.25, 0.3) is 0 Å². The molecule has 0 saturated carbocycles. The average Bonchev–Trinajstić information content (AvgIpc) is 2.57. The number of nitrogens with one attached hydrogen (secondary N) is 1. The summed E-state index contributed by atoms with van der Waals surface area (Å²) in [6.07, 6.45) is -5.41. The van der Waals surface area contributed by atoms with E-state index in [1.165, 1.54) is 0 Å². The Balaban J connectivity index is 2.43. The van der Waals surface area contributed by atoms with E-state index in [0.29, 0.717) is 12.4 Å². The second kappa shape index (κ2) is 5.03. The zero-order valence-electron chi connectivity index (χ0n) is 10.1. The van der Waals surface area contributed by atoms with Crippen molar-refractivity contribution in [2.24, 2.45) is 0 Å². The third-order valence-corrected chi connectivity index (χ3v) is 1.90. The molecule has 0 aliphatic rings. The van der Waals surface area contributed by atoms with Crippen LogP contribution >= 0.6 is 0 Å². The Labute approximate surface area is 97.6 Å². The van der Waals surface area contributed by atoms with Gasteiger partial charge in [0, 0.05) is 12.0 Å². The fraction of sp³-hybridized carbons (Fsp3) is 0.800. The molecule has 0 saturated heterocycles. The van der Waals surface area contributed by atoms with E-state index in [-0.39, 0.29) is 17.9 Å². The topological polar surface area (TPSA) is 51.0 Å². The Kier molecular flexibility index (Phi) is 4.13. The molecule has 1 heterocycles. The average molecular weight is 251 g/mol. The van der Waals surface area contributed by atoms with E-state index in [2.05, 4.69) is 15.5 Å². The molecule has 1 aromatic rings. The van der Waals surface area contributed by atoms with Crippen molar-refractivity contribution in [2.45, 2.75) is 51.9 Å². The number of aryl methyl sites for hydroxylation is 1. The fourth-order valence-electron chi connectivity index (χ4n) is 1.05. The minimum atomic E-state index is -4.20. The van der Waals surface area contributed by atoms with Gasteiger partial charge in [0.05, 0.1) is 13.0 Å². The zero-order valence-corrected chi connectivity index (χ0v) is 10.1. The number of alkyl halides is 3. The maximum atomic E-state index is 12.0. The minimum absolute atomic E-state index is 0.0213. The molecule has 1 N–H and O–H groups in total. The van der Waals surface area contributed by atoms with Crippen molar-refractivity contribution in [3.63, 3.8) is 0 Å². The summed E-state index contributed by atoms with van der Waals surface area (Å²) in [4.78, 5) is 0. The molecule has 0 unspecified atom stereocenters. The van der Waals surface area contributed by atoms with Gasteiger partial charge in [-0.2, -0.15) is 13.2 Å². The van der Waals surface area contributed by atoms with E-state index in [9.17, 15) is 13.2 Å². The molecule has 1 aromatic heterocycles. The van der Waals surface area contributed by atoms with Gasteiger partial charge in [0.2, 0.25) is 11.8 Å². The highest BCUT2D eigenvalue weighted by Gasteiger charge is 2.27. The van der Waals surface area contributed by atoms with E-state index in [1.807, 2.05) is 20.8 Å². The van der Waals surface area contributed by atoms with E-state index in [0.717, 1.165) is 0 Å². The normalized spacial score (nSPS) is 13.1. The molecule has 17 heavy (non-hydrogen) atoms. The Bertz CT molecular complexity index is 322. The highest BCUT2D eigenvalue weighted by Crippen LogP contribution is 2.21. The molecule has 0 aromatic carbocycles. The molecular weight excluding hydrogens is 235 g/mol. The lowest BCUT2D eigenvalue weighted by atomic mass is 10.1. The maximum Gasteiger partial charge on any atom is 0.389 e. The van der Waals surface area contributed by atoms with Gasteiger partial charge < -0.3 is 9.73 Å². The quantitative estimate of drug-likeness (QED) is 0.893. The summed E-state index contributed by atoms with van der Waals surface area (Å²) in [5.74, 6) is 0.324. The summed E-state index contributed by atoms with van der Waals surface area (Å²) in [5.41, 5.74) is -0.111. The largest absolute Gasteiger partial charge is 0.424 e. The van der Waals surface area contributed by atoms with E-state index in [1.54, 1.807) is 0 Å². The van der Waals surface area contributed by atoms with Gasteiger partial charge in [0.15, 0.2) is 0 Å². The summed E-state index contributed by atoms with van der Waals surface area (Å²) in [5, 5.41) is 10.3. The van der Waals surface area contributed by atoms with Gasteiger partial charge in [-0.15, -0.1) is 10.2 Å². The van der Waals surface area contributed by atoms with Crippen LogP contribution in [0, 0.1) is 0 Å². The maximum absolute atomic E-state index is 12.0. The molecule has 0 aliphatic carbocycles. The minimum Gasteiger partial charge on any atom is -0.424 e. The molecule has 0 spiro atoms. The highest BCUT2D eigenvalue weighted by atomic mass is 19.4. The van der Waals surface area contributed by atoms with Crippen LogP contribution in [0.15, 0.2) is 4.42 Å². The van der Waals surface area contributed by atoms with Gasteiger partial charge in [-0.3, -0.25) is 0 Å². The van der Waals surface area contributed by atoms with Gasteiger partial charge in [0.1, 0.15) is 0 Å². The van der Waals surface area contributed by atoms with Crippen LogP contribution in [0.5, 0.6) is 0 Å². The number of hydrogen-bond acceptors (Lipinski definition) is 4.